The van der Waals surface area contributed by atoms with Crippen molar-refractivity contribution < 1.29 is 28.6 Å². The third-order valence-electron chi connectivity index (χ3n) is 5.26. The van der Waals surface area contributed by atoms with E-state index in [-0.39, 0.29) is 12.1 Å². The molecule has 2 rings (SSSR count). The summed E-state index contributed by atoms with van der Waals surface area (Å²) in [6, 6.07) is 4.05. The zero-order chi connectivity index (χ0) is 21.6. The lowest BCUT2D eigenvalue weighted by atomic mass is 10.0. The number of carboxylic acid groups (broad SMARTS) is 1. The highest BCUT2D eigenvalue weighted by Crippen LogP contribution is 2.34. The molecule has 1 aromatic rings. The topological polar surface area (TPSA) is 77.8 Å². The maximum Gasteiger partial charge on any atom is 0.335 e. The lowest BCUT2D eigenvalue weighted by molar-refractivity contribution is -0.148. The van der Waals surface area contributed by atoms with Crippen LogP contribution >= 0.6 is 0 Å². The van der Waals surface area contributed by atoms with Gasteiger partial charge >= 0.3 is 11.9 Å². The molecular formula is C22H29F2NO4. The van der Waals surface area contributed by atoms with E-state index in [0.717, 1.165) is 29.7 Å². The number of halogens is 2. The van der Waals surface area contributed by atoms with Gasteiger partial charge in [0.2, 0.25) is 0 Å². The van der Waals surface area contributed by atoms with Crippen LogP contribution in [0.4, 0.5) is 8.78 Å². The number of aryl methyl sites for hydroxylation is 1. The van der Waals surface area contributed by atoms with Gasteiger partial charge < -0.3 is 15.1 Å². The second-order valence-electron chi connectivity index (χ2n) is 7.63. The van der Waals surface area contributed by atoms with Crippen LogP contribution in [0, 0.1) is 6.92 Å². The molecule has 0 bridgehead atoms. The molecule has 1 fully saturated rings. The van der Waals surface area contributed by atoms with Gasteiger partial charge in [-0.1, -0.05) is 50.5 Å². The average Bonchev–Trinajstić information content (AvgIpc) is 2.87. The minimum absolute atomic E-state index is 0.0984. The van der Waals surface area contributed by atoms with Crippen molar-refractivity contribution in [3.05, 3.63) is 47.0 Å². The number of alkyl halides is 2. The molecule has 29 heavy (non-hydrogen) atoms. The van der Waals surface area contributed by atoms with Gasteiger partial charge in [0, 0.05) is 13.0 Å². The quantitative estimate of drug-likeness (QED) is 0.453. The van der Waals surface area contributed by atoms with E-state index in [1.807, 2.05) is 0 Å². The molecule has 0 radical (unpaired) electrons. The van der Waals surface area contributed by atoms with E-state index in [4.69, 9.17) is 5.11 Å². The van der Waals surface area contributed by atoms with Crippen LogP contribution in [0.15, 0.2) is 30.4 Å². The number of unbranched alkanes of at least 4 members (excludes halogenated alkanes) is 2. The fourth-order valence-electron chi connectivity index (χ4n) is 3.59. The van der Waals surface area contributed by atoms with Crippen LogP contribution < -0.4 is 0 Å². The SMILES string of the molecule is CCCCC[C@@H](O)/C=C/[C@H]1CC(F)(F)C(=O)N1CCc1ccc(C(=O)O)c(C)c1. The number of aromatic carboxylic acids is 1. The Kier molecular flexibility index (Phi) is 7.90. The zero-order valence-electron chi connectivity index (χ0n) is 16.9. The Balaban J connectivity index is 2.04. The third-order valence-corrected chi connectivity index (χ3v) is 5.26. The van der Waals surface area contributed by atoms with Gasteiger partial charge in [0.25, 0.3) is 5.91 Å². The minimum atomic E-state index is -3.41. The largest absolute Gasteiger partial charge is 0.478 e. The number of carbonyl (C=O) groups excluding carboxylic acids is 1. The van der Waals surface area contributed by atoms with Crippen LogP contribution in [0.3, 0.4) is 0 Å². The second kappa shape index (κ2) is 9.96. The van der Waals surface area contributed by atoms with E-state index in [0.29, 0.717) is 18.4 Å². The molecule has 5 nitrogen and oxygen atoms in total. The first-order valence-electron chi connectivity index (χ1n) is 10.0. The van der Waals surface area contributed by atoms with Crippen molar-refractivity contribution in [1.82, 2.24) is 4.90 Å². The fraction of sp³-hybridized carbons (Fsp3) is 0.545. The molecule has 0 unspecified atom stereocenters. The summed E-state index contributed by atoms with van der Waals surface area (Å²) in [5, 5.41) is 19.1. The number of carbonyl (C=O) groups is 2. The van der Waals surface area contributed by atoms with E-state index in [2.05, 4.69) is 6.92 Å². The van der Waals surface area contributed by atoms with Gasteiger partial charge in [-0.3, -0.25) is 4.79 Å². The van der Waals surface area contributed by atoms with Gasteiger partial charge in [0.15, 0.2) is 0 Å². The number of nitrogens with zero attached hydrogens (tertiary/aromatic N) is 1. The Morgan fingerprint density at radius 2 is 2.10 bits per heavy atom. The highest BCUT2D eigenvalue weighted by atomic mass is 19.3. The molecule has 1 heterocycles. The molecular weight excluding hydrogens is 380 g/mol. The molecule has 160 valence electrons. The normalized spacial score (nSPS) is 19.8. The van der Waals surface area contributed by atoms with Gasteiger partial charge in [-0.2, -0.15) is 8.78 Å². The smallest absolute Gasteiger partial charge is 0.335 e. The maximum absolute atomic E-state index is 14.0. The fourth-order valence-corrected chi connectivity index (χ4v) is 3.59. The van der Waals surface area contributed by atoms with Gasteiger partial charge in [0.05, 0.1) is 17.7 Å². The Labute approximate surface area is 170 Å². The van der Waals surface area contributed by atoms with Gasteiger partial charge in [-0.15, -0.1) is 0 Å². The number of aliphatic hydroxyl groups excluding tert-OH is 1. The summed E-state index contributed by atoms with van der Waals surface area (Å²) in [5.41, 5.74) is 1.55. The number of amides is 1. The first-order valence-corrected chi connectivity index (χ1v) is 10.0. The highest BCUT2D eigenvalue weighted by Gasteiger charge is 2.52. The van der Waals surface area contributed by atoms with E-state index >= 15 is 0 Å². The van der Waals surface area contributed by atoms with Crippen LogP contribution in [-0.4, -0.2) is 51.6 Å². The van der Waals surface area contributed by atoms with E-state index in [1.54, 1.807) is 19.1 Å². The van der Waals surface area contributed by atoms with Crippen molar-refractivity contribution in [1.29, 1.82) is 0 Å². The van der Waals surface area contributed by atoms with Gasteiger partial charge in [-0.05, 0) is 37.0 Å². The highest BCUT2D eigenvalue weighted by molar-refractivity contribution is 5.89. The van der Waals surface area contributed by atoms with E-state index < -0.39 is 36.4 Å². The lowest BCUT2D eigenvalue weighted by Gasteiger charge is -2.22. The molecule has 7 heteroatoms. The zero-order valence-corrected chi connectivity index (χ0v) is 16.9. The number of likely N-dealkylation sites (tertiary alicyclic amines) is 1. The molecule has 0 spiro atoms. The molecule has 1 aliphatic rings. The van der Waals surface area contributed by atoms with Crippen molar-refractivity contribution in [3.8, 4) is 0 Å². The molecule has 1 aliphatic heterocycles. The average molecular weight is 409 g/mol. The summed E-state index contributed by atoms with van der Waals surface area (Å²) in [7, 11) is 0. The predicted molar refractivity (Wildman–Crippen MR) is 106 cm³/mol. The Hall–Kier alpha value is -2.28. The molecule has 1 saturated heterocycles. The van der Waals surface area contributed by atoms with Crippen LogP contribution in [-0.2, 0) is 11.2 Å². The maximum atomic E-state index is 14.0. The number of hydrogen-bond acceptors (Lipinski definition) is 3. The lowest BCUT2D eigenvalue weighted by Crippen LogP contribution is -2.37. The number of carboxylic acids is 1. The summed E-state index contributed by atoms with van der Waals surface area (Å²) in [6.07, 6.45) is 5.50. The molecule has 2 atom stereocenters. The van der Waals surface area contributed by atoms with Crippen LogP contribution in [0.1, 0.15) is 60.5 Å². The molecule has 0 saturated carbocycles. The second-order valence-corrected chi connectivity index (χ2v) is 7.63. The first kappa shape index (κ1) is 23.0. The van der Waals surface area contributed by atoms with Crippen molar-refractivity contribution >= 4 is 11.9 Å². The summed E-state index contributed by atoms with van der Waals surface area (Å²) in [6.45, 7) is 3.83. The molecule has 0 aromatic heterocycles. The monoisotopic (exact) mass is 409 g/mol. The molecule has 1 amide bonds. The first-order chi connectivity index (χ1) is 13.7. The summed E-state index contributed by atoms with van der Waals surface area (Å²) in [4.78, 5) is 24.4. The molecule has 2 N–H and O–H groups in total. The predicted octanol–water partition coefficient (Wildman–Crippen LogP) is 3.97. The Morgan fingerprint density at radius 3 is 2.72 bits per heavy atom. The van der Waals surface area contributed by atoms with Crippen molar-refractivity contribution in [3.63, 3.8) is 0 Å². The Morgan fingerprint density at radius 1 is 1.38 bits per heavy atom. The van der Waals surface area contributed by atoms with Crippen LogP contribution in [0.5, 0.6) is 0 Å². The van der Waals surface area contributed by atoms with Crippen molar-refractivity contribution in [2.45, 2.75) is 70.4 Å². The number of rotatable bonds is 10. The molecule has 0 aliphatic carbocycles. The summed E-state index contributed by atoms with van der Waals surface area (Å²) < 4.78 is 28.0. The minimum Gasteiger partial charge on any atom is -0.478 e. The third kappa shape index (κ3) is 6.10. The summed E-state index contributed by atoms with van der Waals surface area (Å²) in [5.74, 6) is -5.64. The number of hydrogen-bond donors (Lipinski definition) is 2. The Bertz CT molecular complexity index is 763. The van der Waals surface area contributed by atoms with Gasteiger partial charge in [0.1, 0.15) is 0 Å². The number of aliphatic hydroxyl groups is 1. The number of benzene rings is 1. The van der Waals surface area contributed by atoms with Crippen molar-refractivity contribution in [2.24, 2.45) is 0 Å². The van der Waals surface area contributed by atoms with E-state index in [9.17, 15) is 23.5 Å². The molecule has 1 aromatic carbocycles. The van der Waals surface area contributed by atoms with Gasteiger partial charge in [-0.25, -0.2) is 4.79 Å². The summed E-state index contributed by atoms with van der Waals surface area (Å²) >= 11 is 0. The van der Waals surface area contributed by atoms with Crippen LogP contribution in [0.2, 0.25) is 0 Å². The standard InChI is InChI=1S/C22H29F2NO4/c1-3-4-5-6-18(26)9-8-17-14-22(23,24)21(29)25(17)12-11-16-7-10-19(20(27)28)15(2)13-16/h7-10,13,17-18,26H,3-6,11-12,14H2,1-2H3,(H,27,28)/b9-8+/t17-,18+/m0/s1. The van der Waals surface area contributed by atoms with Crippen molar-refractivity contribution in [2.75, 3.05) is 6.54 Å². The van der Waals surface area contributed by atoms with E-state index in [1.165, 1.54) is 18.2 Å². The van der Waals surface area contributed by atoms with Crippen LogP contribution in [0.25, 0.3) is 0 Å².